The van der Waals surface area contributed by atoms with Gasteiger partial charge < -0.3 is 10.6 Å². The van der Waals surface area contributed by atoms with Gasteiger partial charge in [-0.1, -0.05) is 11.6 Å². The van der Waals surface area contributed by atoms with Crippen molar-refractivity contribution in [2.24, 2.45) is 5.73 Å². The number of nitrogens with two attached hydrogens (primary N) is 1. The first kappa shape index (κ1) is 13.7. The Bertz CT molecular complexity index is 398. The van der Waals surface area contributed by atoms with Crippen LogP contribution < -0.4 is 5.73 Å². The van der Waals surface area contributed by atoms with Gasteiger partial charge >= 0.3 is 0 Å². The molecule has 1 aromatic rings. The summed E-state index contributed by atoms with van der Waals surface area (Å²) in [5.74, 6) is -0.0511. The Morgan fingerprint density at radius 2 is 2.25 bits per heavy atom. The highest BCUT2D eigenvalue weighted by atomic mass is 127. The number of rotatable bonds is 3. The molecule has 0 aromatic heterocycles. The highest BCUT2D eigenvalue weighted by Gasteiger charge is 2.18. The summed E-state index contributed by atoms with van der Waals surface area (Å²) in [6.07, 6.45) is 0. The summed E-state index contributed by atoms with van der Waals surface area (Å²) >= 11 is 8.00. The van der Waals surface area contributed by atoms with Crippen LogP contribution in [-0.2, 0) is 0 Å². The van der Waals surface area contributed by atoms with Crippen LogP contribution in [-0.4, -0.2) is 30.4 Å². The van der Waals surface area contributed by atoms with Crippen molar-refractivity contribution in [2.45, 2.75) is 13.0 Å². The quantitative estimate of drug-likeness (QED) is 0.849. The van der Waals surface area contributed by atoms with E-state index in [1.165, 1.54) is 0 Å². The number of hydrogen-bond acceptors (Lipinski definition) is 2. The zero-order valence-corrected chi connectivity index (χ0v) is 12.1. The Kier molecular flexibility index (Phi) is 5.01. The molecule has 1 amide bonds. The molecule has 0 heterocycles. The molecular formula is C11H14ClIN2O. The van der Waals surface area contributed by atoms with E-state index in [1.807, 2.05) is 13.0 Å². The van der Waals surface area contributed by atoms with Gasteiger partial charge in [-0.05, 0) is 47.7 Å². The maximum absolute atomic E-state index is 12.1. The maximum atomic E-state index is 12.1. The molecule has 0 aliphatic rings. The number of halogens is 2. The molecule has 1 rings (SSSR count). The van der Waals surface area contributed by atoms with Crippen LogP contribution in [0.2, 0.25) is 5.02 Å². The maximum Gasteiger partial charge on any atom is 0.255 e. The molecule has 1 unspecified atom stereocenters. The van der Waals surface area contributed by atoms with E-state index in [9.17, 15) is 4.79 Å². The summed E-state index contributed by atoms with van der Waals surface area (Å²) in [5, 5.41) is 0.567. The first-order valence-corrected chi connectivity index (χ1v) is 6.35. The molecular weight excluding hydrogens is 338 g/mol. The lowest BCUT2D eigenvalue weighted by molar-refractivity contribution is 0.0747. The van der Waals surface area contributed by atoms with Crippen molar-refractivity contribution in [1.29, 1.82) is 0 Å². The van der Waals surface area contributed by atoms with E-state index in [4.69, 9.17) is 17.3 Å². The second kappa shape index (κ2) is 5.84. The van der Waals surface area contributed by atoms with E-state index >= 15 is 0 Å². The Morgan fingerprint density at radius 1 is 1.62 bits per heavy atom. The molecule has 0 saturated heterocycles. The van der Waals surface area contributed by atoms with Gasteiger partial charge in [0.05, 0.1) is 5.56 Å². The molecule has 16 heavy (non-hydrogen) atoms. The lowest BCUT2D eigenvalue weighted by Gasteiger charge is -2.24. The van der Waals surface area contributed by atoms with Crippen molar-refractivity contribution in [2.75, 3.05) is 13.6 Å². The van der Waals surface area contributed by atoms with Crippen LogP contribution in [0.5, 0.6) is 0 Å². The first-order valence-electron chi connectivity index (χ1n) is 4.89. The second-order valence-corrected chi connectivity index (χ2v) is 5.22. The van der Waals surface area contributed by atoms with E-state index < -0.39 is 0 Å². The average molecular weight is 353 g/mol. The third-order valence-corrected chi connectivity index (χ3v) is 3.66. The second-order valence-electron chi connectivity index (χ2n) is 3.62. The summed E-state index contributed by atoms with van der Waals surface area (Å²) in [6.45, 7) is 2.36. The van der Waals surface area contributed by atoms with Crippen molar-refractivity contribution in [3.63, 3.8) is 0 Å². The van der Waals surface area contributed by atoms with E-state index in [1.54, 1.807) is 24.1 Å². The van der Waals surface area contributed by atoms with Crippen LogP contribution >= 0.6 is 34.2 Å². The van der Waals surface area contributed by atoms with Gasteiger partial charge in [0, 0.05) is 28.2 Å². The number of carbonyl (C=O) groups is 1. The zero-order chi connectivity index (χ0) is 12.3. The highest BCUT2D eigenvalue weighted by Crippen LogP contribution is 2.19. The molecule has 2 N–H and O–H groups in total. The molecule has 1 aromatic carbocycles. The van der Waals surface area contributed by atoms with Gasteiger partial charge in [-0.15, -0.1) is 0 Å². The molecule has 3 nitrogen and oxygen atoms in total. The van der Waals surface area contributed by atoms with Gasteiger partial charge in [-0.2, -0.15) is 0 Å². The first-order chi connectivity index (χ1) is 7.47. The van der Waals surface area contributed by atoms with Crippen LogP contribution in [0.25, 0.3) is 0 Å². The third kappa shape index (κ3) is 3.09. The van der Waals surface area contributed by atoms with E-state index in [2.05, 4.69) is 22.6 Å². The zero-order valence-electron chi connectivity index (χ0n) is 9.21. The van der Waals surface area contributed by atoms with Crippen molar-refractivity contribution in [3.8, 4) is 0 Å². The fraction of sp³-hybridized carbons (Fsp3) is 0.364. The van der Waals surface area contributed by atoms with Crippen LogP contribution in [0.15, 0.2) is 18.2 Å². The molecule has 1 atom stereocenters. The number of amides is 1. The fourth-order valence-corrected chi connectivity index (χ4v) is 1.95. The number of carbonyl (C=O) groups excluding carboxylic acids is 1. The molecule has 0 aliphatic heterocycles. The smallest absolute Gasteiger partial charge is 0.255 e. The monoisotopic (exact) mass is 352 g/mol. The molecule has 0 fully saturated rings. The third-order valence-electron chi connectivity index (χ3n) is 2.48. The number of likely N-dealkylation sites (N-methyl/N-ethyl adjacent to an activating group) is 1. The highest BCUT2D eigenvalue weighted by molar-refractivity contribution is 14.1. The summed E-state index contributed by atoms with van der Waals surface area (Å²) in [7, 11) is 1.75. The molecule has 0 radical (unpaired) electrons. The van der Waals surface area contributed by atoms with E-state index in [0.29, 0.717) is 17.1 Å². The number of nitrogens with zero attached hydrogens (tertiary/aromatic N) is 1. The van der Waals surface area contributed by atoms with Crippen LogP contribution in [0.3, 0.4) is 0 Å². The molecule has 0 bridgehead atoms. The predicted octanol–water partition coefficient (Wildman–Crippen LogP) is 2.36. The van der Waals surface area contributed by atoms with Crippen molar-refractivity contribution in [3.05, 3.63) is 32.4 Å². The summed E-state index contributed by atoms with van der Waals surface area (Å²) < 4.78 is 0.892. The van der Waals surface area contributed by atoms with Gasteiger partial charge in [0.1, 0.15) is 0 Å². The van der Waals surface area contributed by atoms with Crippen LogP contribution in [0.1, 0.15) is 17.3 Å². The Labute approximate surface area is 114 Å². The largest absolute Gasteiger partial charge is 0.338 e. The molecule has 0 aliphatic carbocycles. The Morgan fingerprint density at radius 3 is 2.81 bits per heavy atom. The van der Waals surface area contributed by atoms with E-state index in [0.717, 1.165) is 3.57 Å². The van der Waals surface area contributed by atoms with Gasteiger partial charge in [-0.25, -0.2) is 0 Å². The average Bonchev–Trinajstić information content (AvgIpc) is 2.29. The molecule has 0 saturated carbocycles. The summed E-state index contributed by atoms with van der Waals surface area (Å²) in [4.78, 5) is 13.8. The van der Waals surface area contributed by atoms with Crippen molar-refractivity contribution >= 4 is 40.1 Å². The minimum atomic E-state index is -0.0511. The predicted molar refractivity (Wildman–Crippen MR) is 74.8 cm³/mol. The van der Waals surface area contributed by atoms with Gasteiger partial charge in [0.15, 0.2) is 0 Å². The lowest BCUT2D eigenvalue weighted by Crippen LogP contribution is -2.40. The fourth-order valence-electron chi connectivity index (χ4n) is 1.21. The van der Waals surface area contributed by atoms with Gasteiger partial charge in [0.2, 0.25) is 0 Å². The summed E-state index contributed by atoms with van der Waals surface area (Å²) in [5.41, 5.74) is 6.16. The van der Waals surface area contributed by atoms with Gasteiger partial charge in [0.25, 0.3) is 5.91 Å². The standard InChI is InChI=1S/C11H14ClIN2O/c1-7(6-14)15(2)11(16)9-5-8(12)3-4-10(9)13/h3-5,7H,6,14H2,1-2H3. The normalized spacial score (nSPS) is 12.3. The molecule has 0 spiro atoms. The van der Waals surface area contributed by atoms with E-state index in [-0.39, 0.29) is 11.9 Å². The van der Waals surface area contributed by atoms with Crippen LogP contribution in [0, 0.1) is 3.57 Å². The number of hydrogen-bond donors (Lipinski definition) is 1. The molecule has 88 valence electrons. The van der Waals surface area contributed by atoms with Crippen molar-refractivity contribution < 1.29 is 4.79 Å². The van der Waals surface area contributed by atoms with Crippen LogP contribution in [0.4, 0.5) is 0 Å². The number of benzene rings is 1. The lowest BCUT2D eigenvalue weighted by atomic mass is 10.2. The molecule has 5 heteroatoms. The Hall–Kier alpha value is -0.330. The topological polar surface area (TPSA) is 46.3 Å². The Balaban J connectivity index is 3.00. The minimum absolute atomic E-state index is 0.0160. The van der Waals surface area contributed by atoms with Crippen molar-refractivity contribution in [1.82, 2.24) is 4.90 Å². The minimum Gasteiger partial charge on any atom is -0.338 e. The summed E-state index contributed by atoms with van der Waals surface area (Å²) in [6, 6.07) is 5.30. The SMILES string of the molecule is CC(CN)N(C)C(=O)c1cc(Cl)ccc1I. The van der Waals surface area contributed by atoms with Gasteiger partial charge in [-0.3, -0.25) is 4.79 Å².